The minimum absolute atomic E-state index is 0.0675. The zero-order valence-electron chi connectivity index (χ0n) is 21.9. The van der Waals surface area contributed by atoms with E-state index in [4.69, 9.17) is 9.47 Å². The zero-order chi connectivity index (χ0) is 26.7. The monoisotopic (exact) mass is 524 g/mol. The van der Waals surface area contributed by atoms with Crippen LogP contribution in [0, 0.1) is 0 Å². The average molecular weight is 524 g/mol. The summed E-state index contributed by atoms with van der Waals surface area (Å²) >= 11 is 0. The molecule has 0 atom stereocenters. The highest BCUT2D eigenvalue weighted by atomic mass is 16.5. The van der Waals surface area contributed by atoms with Gasteiger partial charge in [-0.3, -0.25) is 0 Å². The van der Waals surface area contributed by atoms with Crippen molar-refractivity contribution in [1.29, 1.82) is 0 Å². The van der Waals surface area contributed by atoms with Gasteiger partial charge in [0.25, 0.3) is 6.71 Å². The summed E-state index contributed by atoms with van der Waals surface area (Å²) in [6.45, 7) is 0.0675. The second kappa shape index (κ2) is 7.61. The van der Waals surface area contributed by atoms with E-state index >= 15 is 0 Å². The van der Waals surface area contributed by atoms with E-state index in [1.165, 1.54) is 32.7 Å². The van der Waals surface area contributed by atoms with Crippen molar-refractivity contribution in [3.63, 3.8) is 0 Å². The first-order chi connectivity index (χ1) is 20.3. The number of para-hydroxylation sites is 2. The maximum Gasteiger partial charge on any atom is 0.266 e. The van der Waals surface area contributed by atoms with Crippen LogP contribution >= 0.6 is 0 Å². The third kappa shape index (κ3) is 2.70. The molecule has 1 aromatic heterocycles. The highest BCUT2D eigenvalue weighted by Gasteiger charge is 2.47. The number of fused-ring (bicyclic) bond motifs is 3. The number of hydrogen-bond donors (Lipinski definition) is 0. The summed E-state index contributed by atoms with van der Waals surface area (Å²) < 4.78 is 15.4. The molecule has 0 fully saturated rings. The number of rotatable bonds is 2. The number of nitrogens with zero attached hydrogens (tertiary/aromatic N) is 2. The summed E-state index contributed by atoms with van der Waals surface area (Å²) in [6, 6.07) is 45.1. The Labute approximate surface area is 236 Å². The maximum atomic E-state index is 6.50. The maximum absolute atomic E-state index is 6.50. The largest absolute Gasteiger partial charge is 0.458 e. The van der Waals surface area contributed by atoms with Gasteiger partial charge in [-0.2, -0.15) is 0 Å². The van der Waals surface area contributed by atoms with Gasteiger partial charge in [-0.25, -0.2) is 0 Å². The number of ether oxygens (including phenoxy) is 2. The Kier molecular flexibility index (Phi) is 3.98. The Hall–Kier alpha value is -5.42. The molecule has 41 heavy (non-hydrogen) atoms. The molecule has 5 heteroatoms. The van der Waals surface area contributed by atoms with Crippen LogP contribution in [-0.2, 0) is 0 Å². The number of hydrogen-bond acceptors (Lipinski definition) is 3. The molecule has 0 unspecified atom stereocenters. The SMILES string of the molecule is c1cc(N2c3cccc4c3B3c5c(cccc5Oc5cccc2c53)O4)cc(-n2c3ccccc3c3ccccc32)c1. The van der Waals surface area contributed by atoms with E-state index in [2.05, 4.69) is 119 Å². The van der Waals surface area contributed by atoms with E-state index in [0.29, 0.717) is 0 Å². The van der Waals surface area contributed by atoms with Crippen LogP contribution in [0.25, 0.3) is 27.5 Å². The third-order valence-corrected chi connectivity index (χ3v) is 8.83. The molecule has 0 amide bonds. The van der Waals surface area contributed by atoms with Crippen LogP contribution in [0.4, 0.5) is 17.1 Å². The zero-order valence-corrected chi connectivity index (χ0v) is 21.9. The van der Waals surface area contributed by atoms with Gasteiger partial charge >= 0.3 is 0 Å². The Bertz CT molecular complexity index is 2120. The molecule has 4 nitrogen and oxygen atoms in total. The summed E-state index contributed by atoms with van der Waals surface area (Å²) in [7, 11) is 0. The fourth-order valence-corrected chi connectivity index (χ4v) is 7.25. The summed E-state index contributed by atoms with van der Waals surface area (Å²) in [5.74, 6) is 3.56. The van der Waals surface area contributed by atoms with E-state index in [-0.39, 0.29) is 6.71 Å². The van der Waals surface area contributed by atoms with Crippen molar-refractivity contribution >= 4 is 62.0 Å². The average Bonchev–Trinajstić information content (AvgIpc) is 3.36. The lowest BCUT2D eigenvalue weighted by Gasteiger charge is -2.42. The first kappa shape index (κ1) is 21.4. The van der Waals surface area contributed by atoms with Crippen molar-refractivity contribution in [2.24, 2.45) is 0 Å². The lowest BCUT2D eigenvalue weighted by atomic mass is 9.33. The van der Waals surface area contributed by atoms with Gasteiger partial charge in [0, 0.05) is 39.0 Å². The highest BCUT2D eigenvalue weighted by Crippen LogP contribution is 2.45. The number of aromatic nitrogens is 1. The molecule has 190 valence electrons. The summed E-state index contributed by atoms with van der Waals surface area (Å²) in [6.07, 6.45) is 0. The normalized spacial score (nSPS) is 13.7. The molecule has 0 saturated heterocycles. The predicted octanol–water partition coefficient (Wildman–Crippen LogP) is 7.29. The molecule has 0 bridgehead atoms. The first-order valence-electron chi connectivity index (χ1n) is 14.0. The van der Waals surface area contributed by atoms with E-state index in [1.807, 2.05) is 18.2 Å². The van der Waals surface area contributed by atoms with E-state index in [1.54, 1.807) is 0 Å². The van der Waals surface area contributed by atoms with Gasteiger partial charge in [-0.1, -0.05) is 60.7 Å². The van der Waals surface area contributed by atoms with Gasteiger partial charge in [-0.05, 0) is 77.7 Å². The molecule has 0 saturated carbocycles. The predicted molar refractivity (Wildman–Crippen MR) is 167 cm³/mol. The van der Waals surface area contributed by atoms with Crippen LogP contribution in [0.1, 0.15) is 0 Å². The van der Waals surface area contributed by atoms with Crippen molar-refractivity contribution in [3.8, 4) is 28.7 Å². The van der Waals surface area contributed by atoms with Crippen molar-refractivity contribution in [3.05, 3.63) is 127 Å². The van der Waals surface area contributed by atoms with Crippen molar-refractivity contribution < 1.29 is 9.47 Å². The fourth-order valence-electron chi connectivity index (χ4n) is 7.25. The van der Waals surface area contributed by atoms with Gasteiger partial charge in [-0.15, -0.1) is 0 Å². The second-order valence-electron chi connectivity index (χ2n) is 10.9. The molecule has 0 spiro atoms. The van der Waals surface area contributed by atoms with Gasteiger partial charge < -0.3 is 18.9 Å². The molecule has 0 N–H and O–H groups in total. The van der Waals surface area contributed by atoms with Crippen LogP contribution in [-0.4, -0.2) is 11.3 Å². The van der Waals surface area contributed by atoms with Crippen LogP contribution in [0.2, 0.25) is 0 Å². The van der Waals surface area contributed by atoms with Gasteiger partial charge in [0.1, 0.15) is 23.0 Å². The summed E-state index contributed by atoms with van der Waals surface area (Å²) in [5.41, 5.74) is 10.4. The number of anilines is 3. The molecule has 7 aromatic rings. The second-order valence-corrected chi connectivity index (χ2v) is 10.9. The smallest absolute Gasteiger partial charge is 0.266 e. The van der Waals surface area contributed by atoms with E-state index in [0.717, 1.165) is 51.2 Å². The minimum Gasteiger partial charge on any atom is -0.458 e. The van der Waals surface area contributed by atoms with Crippen LogP contribution in [0.5, 0.6) is 23.0 Å². The first-order valence-corrected chi connectivity index (χ1v) is 14.0. The van der Waals surface area contributed by atoms with Crippen molar-refractivity contribution in [2.45, 2.75) is 0 Å². The standard InChI is InChI=1S/C36H21BN2O2/c1-3-13-26-24(11-1)25-12-2-4-14-27(25)38(26)22-9-5-10-23(21-22)39-28-15-6-17-30-34(28)37-35-29(39)16-7-18-31(35)41-33-20-8-19-32(40-30)36(33)37/h1-21H. The summed E-state index contributed by atoms with van der Waals surface area (Å²) in [4.78, 5) is 2.37. The van der Waals surface area contributed by atoms with Crippen molar-refractivity contribution in [2.75, 3.05) is 4.90 Å². The molecule has 0 aliphatic carbocycles. The molecule has 4 heterocycles. The molecule has 10 rings (SSSR count). The Morgan fingerprint density at radius 1 is 0.439 bits per heavy atom. The molecule has 6 aromatic carbocycles. The van der Waals surface area contributed by atoms with E-state index in [9.17, 15) is 0 Å². The Morgan fingerprint density at radius 2 is 0.927 bits per heavy atom. The van der Waals surface area contributed by atoms with Gasteiger partial charge in [0.05, 0.1) is 11.0 Å². The molecular weight excluding hydrogens is 503 g/mol. The topological polar surface area (TPSA) is 26.6 Å². The van der Waals surface area contributed by atoms with E-state index < -0.39 is 0 Å². The lowest BCUT2D eigenvalue weighted by molar-refractivity contribution is 0.464. The van der Waals surface area contributed by atoms with Gasteiger partial charge in [0.15, 0.2) is 0 Å². The van der Waals surface area contributed by atoms with Crippen LogP contribution in [0.15, 0.2) is 127 Å². The van der Waals surface area contributed by atoms with Crippen LogP contribution < -0.4 is 30.8 Å². The third-order valence-electron chi connectivity index (χ3n) is 8.83. The lowest BCUT2D eigenvalue weighted by Crippen LogP contribution is -2.61. The number of benzene rings is 6. The van der Waals surface area contributed by atoms with Gasteiger partial charge in [0.2, 0.25) is 0 Å². The Balaban J connectivity index is 1.24. The quantitative estimate of drug-likeness (QED) is 0.222. The van der Waals surface area contributed by atoms with Crippen molar-refractivity contribution in [1.82, 2.24) is 4.57 Å². The highest BCUT2D eigenvalue weighted by molar-refractivity contribution is 7.00. The van der Waals surface area contributed by atoms with Crippen LogP contribution in [0.3, 0.4) is 0 Å². The molecule has 3 aliphatic rings. The minimum atomic E-state index is 0.0675. The molecular formula is C36H21BN2O2. The Morgan fingerprint density at radius 3 is 1.54 bits per heavy atom. The molecule has 3 aliphatic heterocycles. The fraction of sp³-hybridized carbons (Fsp3) is 0. The summed E-state index contributed by atoms with van der Waals surface area (Å²) in [5, 5.41) is 2.51. The molecule has 0 radical (unpaired) electrons.